The van der Waals surface area contributed by atoms with Gasteiger partial charge in [-0.2, -0.15) is 0 Å². The van der Waals surface area contributed by atoms with Crippen LogP contribution in [-0.4, -0.2) is 124 Å². The number of allylic oxidation sites excluding steroid dienone is 9. The minimum atomic E-state index is -0.312. The van der Waals surface area contributed by atoms with Gasteiger partial charge in [0.1, 0.15) is 14.1 Å². The largest absolute Gasteiger partial charge is 0.378 e. The molecule has 0 saturated carbocycles. The number of hydrogen-bond donors (Lipinski definition) is 6. The third-order valence-electron chi connectivity index (χ3n) is 16.1. The van der Waals surface area contributed by atoms with Crippen molar-refractivity contribution >= 4 is 66.8 Å². The zero-order valence-corrected chi connectivity index (χ0v) is 51.4. The highest BCUT2D eigenvalue weighted by Gasteiger charge is 2.21. The minimum absolute atomic E-state index is 0. The van der Waals surface area contributed by atoms with Crippen LogP contribution < -0.4 is 57.4 Å². The summed E-state index contributed by atoms with van der Waals surface area (Å²) < 4.78 is 2.12. The molecule has 454 valence electrons. The summed E-state index contributed by atoms with van der Waals surface area (Å²) in [4.78, 5) is 61.8. The Morgan fingerprint density at radius 1 is 0.500 bits per heavy atom. The Kier molecular flexibility index (Phi) is 23.3. The number of anilines is 5. The standard InChI is InChI=1S/C69H86N12O4.CH4/c1-11-18-64(80(15-5)56-38-40-60-62(46-56)68(84)74-72-66(60)82)70-42-44-78(13-3)54-34-26-50(27-35-54)58(48-22-30-52(31-23-48)76(7)8)20-17-21-59(49-24-32-53(33-25-49)77(9)10)51-28-36-55(37-29-51)79(14-4)45-43-71-65(19-12-2)81(16-6)57-39-41-61-63(47-57)69(85)75-73-67(61)83;/h17,20-41,46-47,64-65,70-71H,11-16,18-19,42-45H2,1-10H3,(H3-,72,73,74,75,82,83,84,85);1H4/p+1. The van der Waals surface area contributed by atoms with E-state index in [0.717, 1.165) is 146 Å². The fourth-order valence-electron chi connectivity index (χ4n) is 11.4. The van der Waals surface area contributed by atoms with Gasteiger partial charge in [0.15, 0.2) is 5.71 Å². The van der Waals surface area contributed by atoms with E-state index in [1.807, 2.05) is 24.3 Å². The molecule has 2 atom stereocenters. The first-order chi connectivity index (χ1) is 41.2. The van der Waals surface area contributed by atoms with Gasteiger partial charge in [-0.25, -0.2) is 4.58 Å². The van der Waals surface area contributed by atoms with Crippen molar-refractivity contribution in [3.63, 3.8) is 0 Å². The van der Waals surface area contributed by atoms with E-state index in [2.05, 4.69) is 245 Å². The third kappa shape index (κ3) is 15.6. The lowest BCUT2D eigenvalue weighted by molar-refractivity contribution is -0.462. The van der Waals surface area contributed by atoms with E-state index in [1.165, 1.54) is 0 Å². The summed E-state index contributed by atoms with van der Waals surface area (Å²) in [6, 6.07) is 37.6. The highest BCUT2D eigenvalue weighted by Crippen LogP contribution is 2.31. The van der Waals surface area contributed by atoms with E-state index < -0.39 is 0 Å². The topological polar surface area (TPSA) is 175 Å². The summed E-state index contributed by atoms with van der Waals surface area (Å²) in [6.45, 7) is 19.2. The molecule has 16 heteroatoms. The van der Waals surface area contributed by atoms with Crippen molar-refractivity contribution in [2.45, 2.75) is 87.0 Å². The van der Waals surface area contributed by atoms with Gasteiger partial charge in [0.05, 0.1) is 33.9 Å². The van der Waals surface area contributed by atoms with Gasteiger partial charge < -0.3 is 24.5 Å². The van der Waals surface area contributed by atoms with Crippen molar-refractivity contribution < 1.29 is 4.58 Å². The second kappa shape index (κ2) is 30.9. The average Bonchev–Trinajstić information content (AvgIpc) is 2.14. The molecule has 0 aliphatic heterocycles. The van der Waals surface area contributed by atoms with E-state index >= 15 is 0 Å². The van der Waals surface area contributed by atoms with E-state index in [9.17, 15) is 19.2 Å². The van der Waals surface area contributed by atoms with Gasteiger partial charge in [-0.3, -0.25) is 50.2 Å². The van der Waals surface area contributed by atoms with E-state index in [-0.39, 0.29) is 42.0 Å². The molecule has 0 saturated heterocycles. The predicted molar refractivity (Wildman–Crippen MR) is 365 cm³/mol. The molecule has 1 aliphatic rings. The normalized spacial score (nSPS) is 13.1. The molecule has 0 fully saturated rings. The van der Waals surface area contributed by atoms with Crippen molar-refractivity contribution in [1.29, 1.82) is 0 Å². The Balaban J connectivity index is 0.0000106. The number of H-pyrrole nitrogens is 4. The van der Waals surface area contributed by atoms with Crippen LogP contribution in [0.1, 0.15) is 91.3 Å². The van der Waals surface area contributed by atoms with Gasteiger partial charge in [-0.05, 0) is 159 Å². The summed E-state index contributed by atoms with van der Waals surface area (Å²) in [5.41, 5.74) is 11.8. The molecule has 16 nitrogen and oxygen atoms in total. The average molecular weight is 1160 g/mol. The summed E-state index contributed by atoms with van der Waals surface area (Å²) in [7, 11) is 8.25. The molecule has 1 aliphatic carbocycles. The molecule has 8 rings (SSSR count). The Labute approximate surface area is 507 Å². The van der Waals surface area contributed by atoms with Gasteiger partial charge in [-0.1, -0.05) is 88.7 Å². The molecule has 6 N–H and O–H groups in total. The summed E-state index contributed by atoms with van der Waals surface area (Å²) in [6.07, 6.45) is 19.3. The van der Waals surface area contributed by atoms with Crippen LogP contribution in [0.3, 0.4) is 0 Å². The molecule has 0 amide bonds. The van der Waals surface area contributed by atoms with Crippen LogP contribution >= 0.6 is 0 Å². The monoisotopic (exact) mass is 1160 g/mol. The molecule has 2 aromatic heterocycles. The first-order valence-electron chi connectivity index (χ1n) is 30.2. The Bertz CT molecular complexity index is 3800. The highest BCUT2D eigenvalue weighted by atomic mass is 16.2. The smallest absolute Gasteiger partial charge is 0.270 e. The second-order valence-corrected chi connectivity index (χ2v) is 21.9. The molecule has 5 aromatic carbocycles. The Morgan fingerprint density at radius 3 is 1.28 bits per heavy atom. The SMILES string of the molecule is C.CCCC(NCCN(CC)c1ccc(C(/C=C/C=C(\c2ccc(N(C)C)cc2)c2ccc(N(CC)CCNC(CCC)N(CC)c3ccc4c(=O)[nH][nH]c(=O)c4c3)cc2)=C2C=CC(=[N+](C)C)C=C2)cc1)N(CC)c1ccc2c(=O)[nH][nH]c(=O)c2c1. The molecular weight excluding hydrogens is 1070 g/mol. The lowest BCUT2D eigenvalue weighted by atomic mass is 9.94. The number of aromatic amines is 4. The minimum Gasteiger partial charge on any atom is -0.378 e. The number of rotatable bonds is 28. The third-order valence-corrected chi connectivity index (χ3v) is 16.1. The zero-order valence-electron chi connectivity index (χ0n) is 51.4. The molecule has 2 unspecified atom stereocenters. The number of benzene rings is 5. The van der Waals surface area contributed by atoms with Crippen LogP contribution in [0.25, 0.3) is 32.7 Å². The number of fused-ring (bicyclic) bond motifs is 2. The van der Waals surface area contributed by atoms with Crippen molar-refractivity contribution in [3.05, 3.63) is 215 Å². The lowest BCUT2D eigenvalue weighted by Gasteiger charge is -2.34. The van der Waals surface area contributed by atoms with Crippen LogP contribution in [0.15, 0.2) is 176 Å². The maximum absolute atomic E-state index is 12.7. The number of nitrogens with one attached hydrogen (secondary N) is 6. The van der Waals surface area contributed by atoms with Crippen molar-refractivity contribution in [2.24, 2.45) is 0 Å². The van der Waals surface area contributed by atoms with Crippen molar-refractivity contribution in [1.82, 2.24) is 31.0 Å². The quantitative estimate of drug-likeness (QED) is 0.0156. The summed E-state index contributed by atoms with van der Waals surface area (Å²) in [5, 5.41) is 19.0. The van der Waals surface area contributed by atoms with Crippen molar-refractivity contribution in [2.75, 3.05) is 105 Å². The maximum atomic E-state index is 12.7. The number of aromatic nitrogens is 4. The Hall–Kier alpha value is -8.73. The number of hydrogen-bond acceptors (Lipinski definition) is 11. The summed E-state index contributed by atoms with van der Waals surface area (Å²) in [5.74, 6) is 0. The molecule has 7 aromatic rings. The van der Waals surface area contributed by atoms with E-state index in [0.29, 0.717) is 21.5 Å². The number of likely N-dealkylation sites (N-methyl/N-ethyl adjacent to an activating group) is 2. The predicted octanol–water partition coefficient (Wildman–Crippen LogP) is 10.9. The van der Waals surface area contributed by atoms with Crippen LogP contribution in [0, 0.1) is 0 Å². The molecule has 0 bridgehead atoms. The first kappa shape index (κ1) is 64.8. The van der Waals surface area contributed by atoms with Gasteiger partial charge >= 0.3 is 0 Å². The first-order valence-corrected chi connectivity index (χ1v) is 30.2. The molecular formula is C70H91N12O4+. The molecule has 0 spiro atoms. The molecule has 2 heterocycles. The van der Waals surface area contributed by atoms with Crippen LogP contribution in [0.5, 0.6) is 0 Å². The van der Waals surface area contributed by atoms with Crippen LogP contribution in [-0.2, 0) is 0 Å². The van der Waals surface area contributed by atoms with Gasteiger partial charge in [0.25, 0.3) is 22.2 Å². The van der Waals surface area contributed by atoms with Crippen LogP contribution in [0.2, 0.25) is 0 Å². The van der Waals surface area contributed by atoms with Gasteiger partial charge in [-0.15, -0.1) is 0 Å². The lowest BCUT2D eigenvalue weighted by Crippen LogP contribution is -2.48. The second-order valence-electron chi connectivity index (χ2n) is 21.9. The molecule has 0 radical (unpaired) electrons. The fourth-order valence-corrected chi connectivity index (χ4v) is 11.4. The van der Waals surface area contributed by atoms with Crippen molar-refractivity contribution in [3.8, 4) is 0 Å². The fraction of sp³-hybridized carbons (Fsp3) is 0.357. The Morgan fingerprint density at radius 2 is 0.895 bits per heavy atom. The molecule has 86 heavy (non-hydrogen) atoms. The highest BCUT2D eigenvalue weighted by molar-refractivity contribution is 6.03. The van der Waals surface area contributed by atoms with E-state index in [1.54, 1.807) is 12.1 Å². The summed E-state index contributed by atoms with van der Waals surface area (Å²) >= 11 is 0. The zero-order chi connectivity index (χ0) is 60.6. The van der Waals surface area contributed by atoms with Crippen LogP contribution in [0.4, 0.5) is 28.4 Å². The van der Waals surface area contributed by atoms with Gasteiger partial charge in [0.2, 0.25) is 0 Å². The van der Waals surface area contributed by atoms with Gasteiger partial charge in [0, 0.05) is 107 Å². The number of nitrogens with zero attached hydrogens (tertiary/aromatic N) is 6. The maximum Gasteiger partial charge on any atom is 0.270 e. The van der Waals surface area contributed by atoms with E-state index in [4.69, 9.17) is 0 Å².